The second-order valence-corrected chi connectivity index (χ2v) is 13.3. The Morgan fingerprint density at radius 1 is 0.929 bits per heavy atom. The van der Waals surface area contributed by atoms with Crippen LogP contribution in [0.25, 0.3) is 0 Å². The number of ether oxygens (including phenoxy) is 1. The smallest absolute Gasteiger partial charge is 0.249 e. The van der Waals surface area contributed by atoms with Gasteiger partial charge in [0.1, 0.15) is 6.04 Å². The minimum atomic E-state index is -4.08. The van der Waals surface area contributed by atoms with Crippen molar-refractivity contribution in [2.45, 2.75) is 56.9 Å². The summed E-state index contributed by atoms with van der Waals surface area (Å²) in [4.78, 5) is 29.8. The fraction of sp³-hybridized carbons (Fsp3) is 0.375. The highest BCUT2D eigenvalue weighted by atomic mass is 32.2. The maximum Gasteiger partial charge on any atom is 0.249 e. The summed E-state index contributed by atoms with van der Waals surface area (Å²) in [5, 5.41) is 0. The molecule has 1 atom stereocenters. The van der Waals surface area contributed by atoms with Crippen LogP contribution in [0.2, 0.25) is 0 Å². The number of amides is 2. The molecule has 0 bridgehead atoms. The van der Waals surface area contributed by atoms with Gasteiger partial charge in [0, 0.05) is 36.6 Å². The number of carbonyl (C=O) groups is 2. The molecule has 2 amide bonds. The molecule has 0 aliphatic carbocycles. The number of aryl methyl sites for hydroxylation is 1. The van der Waals surface area contributed by atoms with Crippen molar-refractivity contribution in [3.63, 3.8) is 0 Å². The van der Waals surface area contributed by atoms with Crippen LogP contribution in [0.1, 0.15) is 44.7 Å². The first-order valence-electron chi connectivity index (χ1n) is 14.1. The van der Waals surface area contributed by atoms with E-state index in [4.69, 9.17) is 10.5 Å². The van der Waals surface area contributed by atoms with Gasteiger partial charge in [0.05, 0.1) is 18.1 Å². The summed E-state index contributed by atoms with van der Waals surface area (Å²) in [6.07, 6.45) is -0.263. The molecule has 0 aromatic heterocycles. The van der Waals surface area contributed by atoms with Crippen molar-refractivity contribution in [3.8, 4) is 0 Å². The van der Waals surface area contributed by atoms with Crippen LogP contribution in [0.15, 0.2) is 77.7 Å². The number of sulfonamides is 1. The number of anilines is 3. The number of carbonyl (C=O) groups excluding carboxylic acids is 2. The fourth-order valence-corrected chi connectivity index (χ4v) is 6.02. The van der Waals surface area contributed by atoms with Crippen molar-refractivity contribution in [1.82, 2.24) is 4.72 Å². The largest absolute Gasteiger partial charge is 0.378 e. The van der Waals surface area contributed by atoms with E-state index in [9.17, 15) is 18.0 Å². The van der Waals surface area contributed by atoms with Crippen LogP contribution in [-0.4, -0.2) is 52.6 Å². The monoisotopic (exact) mass is 592 g/mol. The number of benzene rings is 3. The topological polar surface area (TPSA) is 122 Å². The summed E-state index contributed by atoms with van der Waals surface area (Å²) in [5.41, 5.74) is 9.46. The van der Waals surface area contributed by atoms with Crippen LogP contribution in [-0.2, 0) is 29.8 Å². The number of primary amides is 1. The molecule has 3 aromatic carbocycles. The van der Waals surface area contributed by atoms with E-state index < -0.39 is 27.9 Å². The number of nitrogens with two attached hydrogens (primary N) is 1. The van der Waals surface area contributed by atoms with Gasteiger partial charge in [0.15, 0.2) is 0 Å². The van der Waals surface area contributed by atoms with Crippen LogP contribution in [0.4, 0.5) is 17.1 Å². The molecule has 0 unspecified atom stereocenters. The average Bonchev–Trinajstić information content (AvgIpc) is 2.96. The molecule has 4 rings (SSSR count). The van der Waals surface area contributed by atoms with Crippen molar-refractivity contribution in [1.29, 1.82) is 0 Å². The van der Waals surface area contributed by atoms with Crippen LogP contribution in [0.3, 0.4) is 0 Å². The standard InChI is InChI=1S/C32H40N4O5S/c1-23-5-15-28(16-6-23)42(39,40)34-29(17-18-30(33)37)31(38)36(26-9-7-24(8-10-26)32(2,3)4)27-13-11-25(12-14-27)35-19-21-41-22-20-35/h5-16,29,34H,17-22H2,1-4H3,(H2,33,37)/t29-/m0/s1. The second-order valence-electron chi connectivity index (χ2n) is 11.6. The third-order valence-electron chi connectivity index (χ3n) is 7.30. The van der Waals surface area contributed by atoms with Crippen molar-refractivity contribution in [2.24, 2.45) is 5.73 Å². The Morgan fingerprint density at radius 2 is 1.48 bits per heavy atom. The van der Waals surface area contributed by atoms with Crippen LogP contribution >= 0.6 is 0 Å². The Balaban J connectivity index is 1.73. The zero-order valence-electron chi connectivity index (χ0n) is 24.7. The van der Waals surface area contributed by atoms with Crippen molar-refractivity contribution in [2.75, 3.05) is 36.1 Å². The third-order valence-corrected chi connectivity index (χ3v) is 8.79. The highest BCUT2D eigenvalue weighted by Gasteiger charge is 2.32. The van der Waals surface area contributed by atoms with E-state index in [2.05, 4.69) is 30.4 Å². The number of morpholine rings is 1. The van der Waals surface area contributed by atoms with Gasteiger partial charge < -0.3 is 15.4 Å². The molecule has 1 aliphatic rings. The maximum absolute atomic E-state index is 14.3. The van der Waals surface area contributed by atoms with E-state index in [1.807, 2.05) is 55.5 Å². The van der Waals surface area contributed by atoms with E-state index in [0.29, 0.717) is 24.6 Å². The highest BCUT2D eigenvalue weighted by molar-refractivity contribution is 7.89. The minimum Gasteiger partial charge on any atom is -0.378 e. The van der Waals surface area contributed by atoms with Crippen LogP contribution in [0.5, 0.6) is 0 Å². The van der Waals surface area contributed by atoms with Gasteiger partial charge >= 0.3 is 0 Å². The summed E-state index contributed by atoms with van der Waals surface area (Å²) in [5.74, 6) is -1.15. The molecular weight excluding hydrogens is 552 g/mol. The van der Waals surface area contributed by atoms with Gasteiger partial charge in [-0.2, -0.15) is 4.72 Å². The first-order chi connectivity index (χ1) is 19.8. The predicted molar refractivity (Wildman–Crippen MR) is 165 cm³/mol. The molecule has 10 heteroatoms. The Morgan fingerprint density at radius 3 is 2.00 bits per heavy atom. The maximum atomic E-state index is 14.3. The summed E-state index contributed by atoms with van der Waals surface area (Å²) in [6.45, 7) is 11.0. The number of nitrogens with one attached hydrogen (secondary N) is 1. The Bertz CT molecular complexity index is 1480. The van der Waals surface area contributed by atoms with Gasteiger partial charge in [-0.1, -0.05) is 50.6 Å². The molecule has 42 heavy (non-hydrogen) atoms. The lowest BCUT2D eigenvalue weighted by atomic mass is 9.87. The number of rotatable bonds is 10. The van der Waals surface area contributed by atoms with Gasteiger partial charge in [-0.3, -0.25) is 14.5 Å². The van der Waals surface area contributed by atoms with E-state index in [-0.39, 0.29) is 23.2 Å². The minimum absolute atomic E-state index is 0.0286. The van der Waals surface area contributed by atoms with Crippen LogP contribution in [0, 0.1) is 6.92 Å². The van der Waals surface area contributed by atoms with Crippen molar-refractivity contribution < 1.29 is 22.7 Å². The van der Waals surface area contributed by atoms with Gasteiger partial charge in [-0.15, -0.1) is 0 Å². The van der Waals surface area contributed by atoms with Crippen molar-refractivity contribution >= 4 is 38.9 Å². The summed E-state index contributed by atoms with van der Waals surface area (Å²) >= 11 is 0. The molecule has 0 spiro atoms. The molecule has 1 heterocycles. The van der Waals surface area contributed by atoms with Gasteiger partial charge in [0.2, 0.25) is 21.8 Å². The summed E-state index contributed by atoms with van der Waals surface area (Å²) in [6, 6.07) is 20.3. The molecular formula is C32H40N4O5S. The first-order valence-corrected chi connectivity index (χ1v) is 15.6. The fourth-order valence-electron chi connectivity index (χ4n) is 4.80. The lowest BCUT2D eigenvalue weighted by Crippen LogP contribution is -2.47. The lowest BCUT2D eigenvalue weighted by molar-refractivity contribution is -0.120. The first kappa shape index (κ1) is 31.2. The zero-order chi connectivity index (χ0) is 30.5. The lowest BCUT2D eigenvalue weighted by Gasteiger charge is -2.31. The molecule has 1 fully saturated rings. The molecule has 0 saturated carbocycles. The zero-order valence-corrected chi connectivity index (χ0v) is 25.5. The molecule has 3 N–H and O–H groups in total. The molecule has 1 saturated heterocycles. The number of hydrogen-bond donors (Lipinski definition) is 2. The normalized spacial score (nSPS) is 14.8. The van der Waals surface area contributed by atoms with E-state index in [1.165, 1.54) is 17.0 Å². The third kappa shape index (κ3) is 7.76. The van der Waals surface area contributed by atoms with E-state index in [1.54, 1.807) is 12.1 Å². The Hall–Kier alpha value is -3.73. The van der Waals surface area contributed by atoms with E-state index in [0.717, 1.165) is 29.9 Å². The Labute approximate surface area is 248 Å². The number of hydrogen-bond acceptors (Lipinski definition) is 6. The SMILES string of the molecule is Cc1ccc(S(=O)(=O)N[C@@H](CCC(N)=O)C(=O)N(c2ccc(N3CCOCC3)cc2)c2ccc(C(C)(C)C)cc2)cc1. The summed E-state index contributed by atoms with van der Waals surface area (Å²) in [7, 11) is -4.08. The second kappa shape index (κ2) is 13.1. The molecule has 224 valence electrons. The van der Waals surface area contributed by atoms with Gasteiger partial charge in [0.25, 0.3) is 0 Å². The molecule has 1 aliphatic heterocycles. The summed E-state index contributed by atoms with van der Waals surface area (Å²) < 4.78 is 34.7. The molecule has 0 radical (unpaired) electrons. The molecule has 9 nitrogen and oxygen atoms in total. The quantitative estimate of drug-likeness (QED) is 0.360. The number of nitrogens with zero attached hydrogens (tertiary/aromatic N) is 2. The van der Waals surface area contributed by atoms with Gasteiger partial charge in [-0.05, 0) is 72.9 Å². The molecule has 3 aromatic rings. The Kier molecular flexibility index (Phi) is 9.71. The van der Waals surface area contributed by atoms with Crippen molar-refractivity contribution in [3.05, 3.63) is 83.9 Å². The predicted octanol–water partition coefficient (Wildman–Crippen LogP) is 4.41. The van der Waals surface area contributed by atoms with Gasteiger partial charge in [-0.25, -0.2) is 8.42 Å². The van der Waals surface area contributed by atoms with Crippen LogP contribution < -0.4 is 20.3 Å². The van der Waals surface area contributed by atoms with E-state index >= 15 is 0 Å². The highest BCUT2D eigenvalue weighted by Crippen LogP contribution is 2.32. The average molecular weight is 593 g/mol.